The summed E-state index contributed by atoms with van der Waals surface area (Å²) in [4.78, 5) is 3.77. The van der Waals surface area contributed by atoms with E-state index < -0.39 is 12.8 Å². The number of alkyl halides is 3. The van der Waals surface area contributed by atoms with E-state index in [0.29, 0.717) is 18.8 Å². The highest BCUT2D eigenvalue weighted by molar-refractivity contribution is 5.33. The average Bonchev–Trinajstić information content (AvgIpc) is 2.59. The molecule has 1 N–H and O–H groups in total. The van der Waals surface area contributed by atoms with Crippen molar-refractivity contribution in [3.63, 3.8) is 0 Å². The fourth-order valence-electron chi connectivity index (χ4n) is 2.05. The zero-order valence-electron chi connectivity index (χ0n) is 13.3. The third kappa shape index (κ3) is 6.73. The van der Waals surface area contributed by atoms with Gasteiger partial charge in [-0.25, -0.2) is 4.98 Å². The highest BCUT2D eigenvalue weighted by Crippen LogP contribution is 2.19. The summed E-state index contributed by atoms with van der Waals surface area (Å²) in [6, 6.07) is 10.6. The molecular formula is C18H17F3N2O2. The molecule has 0 radical (unpaired) electrons. The number of aromatic nitrogens is 1. The van der Waals surface area contributed by atoms with Gasteiger partial charge in [0, 0.05) is 30.9 Å². The highest BCUT2D eigenvalue weighted by Gasteiger charge is 2.28. The van der Waals surface area contributed by atoms with Gasteiger partial charge in [-0.3, -0.25) is 0 Å². The Hall–Kier alpha value is -2.72. The van der Waals surface area contributed by atoms with Gasteiger partial charge in [-0.2, -0.15) is 13.2 Å². The fourth-order valence-corrected chi connectivity index (χ4v) is 2.05. The summed E-state index contributed by atoms with van der Waals surface area (Å²) in [5.74, 6) is 3.04. The number of para-hydroxylation sites is 1. The molecule has 7 heteroatoms. The van der Waals surface area contributed by atoms with Crippen LogP contribution in [0.3, 0.4) is 0 Å². The van der Waals surface area contributed by atoms with Crippen molar-refractivity contribution in [3.05, 3.63) is 53.7 Å². The smallest absolute Gasteiger partial charge is 0.422 e. The maximum Gasteiger partial charge on any atom is 0.422 e. The molecule has 0 amide bonds. The Kier molecular flexibility index (Phi) is 6.66. The molecule has 1 aromatic carbocycles. The maximum atomic E-state index is 12.2. The number of ether oxygens (including phenoxy) is 2. The average molecular weight is 350 g/mol. The summed E-state index contributed by atoms with van der Waals surface area (Å²) in [7, 11) is 0. The lowest BCUT2D eigenvalue weighted by Gasteiger charge is -2.11. The van der Waals surface area contributed by atoms with Gasteiger partial charge in [0.25, 0.3) is 0 Å². The molecule has 0 spiro atoms. The molecule has 4 nitrogen and oxygen atoms in total. The van der Waals surface area contributed by atoms with Crippen LogP contribution >= 0.6 is 0 Å². The number of nitrogens with zero attached hydrogens (tertiary/aromatic N) is 1. The van der Waals surface area contributed by atoms with E-state index in [2.05, 4.69) is 21.0 Å². The second-order valence-corrected chi connectivity index (χ2v) is 5.11. The Morgan fingerprint density at radius 1 is 1.12 bits per heavy atom. The lowest BCUT2D eigenvalue weighted by molar-refractivity contribution is -0.154. The molecule has 0 bridgehead atoms. The van der Waals surface area contributed by atoms with Crippen LogP contribution in [0.5, 0.6) is 11.6 Å². The van der Waals surface area contributed by atoms with E-state index in [4.69, 9.17) is 11.2 Å². The first-order valence-electron chi connectivity index (χ1n) is 7.47. The van der Waals surface area contributed by atoms with Crippen molar-refractivity contribution in [2.75, 3.05) is 13.2 Å². The summed E-state index contributed by atoms with van der Waals surface area (Å²) in [6.07, 6.45) is 2.21. The van der Waals surface area contributed by atoms with Crippen LogP contribution in [0, 0.1) is 12.3 Å². The molecule has 0 unspecified atom stereocenters. The molecule has 132 valence electrons. The third-order valence-corrected chi connectivity index (χ3v) is 3.11. The summed E-state index contributed by atoms with van der Waals surface area (Å²) >= 11 is 0. The number of benzene rings is 1. The van der Waals surface area contributed by atoms with Crippen LogP contribution < -0.4 is 14.8 Å². The van der Waals surface area contributed by atoms with Crippen molar-refractivity contribution in [1.29, 1.82) is 0 Å². The molecule has 0 saturated carbocycles. The lowest BCUT2D eigenvalue weighted by atomic mass is 10.2. The standard InChI is InChI=1S/C18H17F3N2O2/c1-2-9-24-16-6-4-3-5-15(16)12-22-11-14-7-8-23-17(10-14)25-13-18(19,20)21/h1,3-8,10,22H,9,11-13H2. The van der Waals surface area contributed by atoms with Crippen molar-refractivity contribution >= 4 is 0 Å². The molecule has 0 aliphatic heterocycles. The van der Waals surface area contributed by atoms with Gasteiger partial charge in [0.15, 0.2) is 6.61 Å². The van der Waals surface area contributed by atoms with Crippen LogP contribution in [0.1, 0.15) is 11.1 Å². The summed E-state index contributed by atoms with van der Waals surface area (Å²) < 4.78 is 46.6. The Balaban J connectivity index is 1.89. The first kappa shape index (κ1) is 18.6. The SMILES string of the molecule is C#CCOc1ccccc1CNCc1ccnc(OCC(F)(F)F)c1. The van der Waals surface area contributed by atoms with Gasteiger partial charge in [0.1, 0.15) is 12.4 Å². The Morgan fingerprint density at radius 3 is 2.68 bits per heavy atom. The van der Waals surface area contributed by atoms with E-state index >= 15 is 0 Å². The molecule has 1 aromatic heterocycles. The molecule has 2 rings (SSSR count). The van der Waals surface area contributed by atoms with Crippen LogP contribution in [0.15, 0.2) is 42.6 Å². The van der Waals surface area contributed by atoms with Gasteiger partial charge in [-0.1, -0.05) is 24.1 Å². The van der Waals surface area contributed by atoms with Crippen molar-refractivity contribution in [2.45, 2.75) is 19.3 Å². The number of halogens is 3. The van der Waals surface area contributed by atoms with Crippen LogP contribution in [0.2, 0.25) is 0 Å². The number of pyridine rings is 1. The minimum Gasteiger partial charge on any atom is -0.481 e. The molecule has 2 aromatic rings. The quantitative estimate of drug-likeness (QED) is 0.742. The maximum absolute atomic E-state index is 12.2. The second-order valence-electron chi connectivity index (χ2n) is 5.11. The normalized spacial score (nSPS) is 11.0. The molecular weight excluding hydrogens is 333 g/mol. The number of nitrogens with one attached hydrogen (secondary N) is 1. The first-order valence-corrected chi connectivity index (χ1v) is 7.47. The van der Waals surface area contributed by atoms with E-state index in [0.717, 1.165) is 11.1 Å². The Labute approximate surface area is 144 Å². The van der Waals surface area contributed by atoms with Gasteiger partial charge in [0.05, 0.1) is 0 Å². The molecule has 0 saturated heterocycles. The lowest BCUT2D eigenvalue weighted by Crippen LogP contribution is -2.20. The van der Waals surface area contributed by atoms with Crippen molar-refractivity contribution in [1.82, 2.24) is 10.3 Å². The first-order chi connectivity index (χ1) is 12.0. The van der Waals surface area contributed by atoms with Crippen LogP contribution in [-0.4, -0.2) is 24.4 Å². The number of rotatable bonds is 8. The van der Waals surface area contributed by atoms with E-state index in [1.54, 1.807) is 6.07 Å². The van der Waals surface area contributed by atoms with E-state index in [1.165, 1.54) is 12.3 Å². The number of hydrogen-bond donors (Lipinski definition) is 1. The molecule has 0 atom stereocenters. The molecule has 0 fully saturated rings. The van der Waals surface area contributed by atoms with Crippen LogP contribution in [0.25, 0.3) is 0 Å². The summed E-state index contributed by atoms with van der Waals surface area (Å²) in [6.45, 7) is -0.228. The van der Waals surface area contributed by atoms with E-state index in [9.17, 15) is 13.2 Å². The zero-order valence-corrected chi connectivity index (χ0v) is 13.3. The Bertz CT molecular complexity index is 727. The summed E-state index contributed by atoms with van der Waals surface area (Å²) in [5.41, 5.74) is 1.69. The fraction of sp³-hybridized carbons (Fsp3) is 0.278. The highest BCUT2D eigenvalue weighted by atomic mass is 19.4. The van der Waals surface area contributed by atoms with Crippen LogP contribution in [-0.2, 0) is 13.1 Å². The number of terminal acetylenes is 1. The van der Waals surface area contributed by atoms with Gasteiger partial charge in [0.2, 0.25) is 5.88 Å². The summed E-state index contributed by atoms with van der Waals surface area (Å²) in [5, 5.41) is 3.20. The topological polar surface area (TPSA) is 43.4 Å². The molecule has 1 heterocycles. The predicted molar refractivity (Wildman–Crippen MR) is 87.1 cm³/mol. The monoisotopic (exact) mass is 350 g/mol. The van der Waals surface area contributed by atoms with E-state index in [1.807, 2.05) is 24.3 Å². The van der Waals surface area contributed by atoms with Gasteiger partial charge in [-0.15, -0.1) is 6.42 Å². The van der Waals surface area contributed by atoms with Gasteiger partial charge >= 0.3 is 6.18 Å². The van der Waals surface area contributed by atoms with Crippen molar-refractivity contribution in [3.8, 4) is 24.0 Å². The van der Waals surface area contributed by atoms with E-state index in [-0.39, 0.29) is 12.5 Å². The second kappa shape index (κ2) is 8.94. The number of hydrogen-bond acceptors (Lipinski definition) is 4. The van der Waals surface area contributed by atoms with Crippen molar-refractivity contribution < 1.29 is 22.6 Å². The van der Waals surface area contributed by atoms with Crippen LogP contribution in [0.4, 0.5) is 13.2 Å². The molecule has 0 aliphatic carbocycles. The molecule has 25 heavy (non-hydrogen) atoms. The molecule has 0 aliphatic rings. The zero-order chi connectivity index (χ0) is 18.1. The third-order valence-electron chi connectivity index (χ3n) is 3.11. The largest absolute Gasteiger partial charge is 0.481 e. The minimum atomic E-state index is -4.39. The minimum absolute atomic E-state index is 0.0608. The van der Waals surface area contributed by atoms with Crippen molar-refractivity contribution in [2.24, 2.45) is 0 Å². The Morgan fingerprint density at radius 2 is 1.92 bits per heavy atom. The predicted octanol–water partition coefficient (Wildman–Crippen LogP) is 3.32. The van der Waals surface area contributed by atoms with Gasteiger partial charge < -0.3 is 14.8 Å². The van der Waals surface area contributed by atoms with Gasteiger partial charge in [-0.05, 0) is 17.7 Å².